The van der Waals surface area contributed by atoms with Crippen molar-refractivity contribution in [2.45, 2.75) is 18.9 Å². The van der Waals surface area contributed by atoms with Crippen LogP contribution in [0.1, 0.15) is 12.8 Å². The van der Waals surface area contributed by atoms with Gasteiger partial charge in [-0.3, -0.25) is 0 Å². The highest BCUT2D eigenvalue weighted by Crippen LogP contribution is 2.28. The van der Waals surface area contributed by atoms with Crippen molar-refractivity contribution in [1.82, 2.24) is 19.9 Å². The zero-order chi connectivity index (χ0) is 18.9. The van der Waals surface area contributed by atoms with Crippen molar-refractivity contribution in [2.24, 2.45) is 0 Å². The van der Waals surface area contributed by atoms with Crippen LogP contribution in [0.3, 0.4) is 0 Å². The van der Waals surface area contributed by atoms with E-state index in [4.69, 9.17) is 4.74 Å². The molecule has 4 aromatic rings. The molecule has 0 bridgehead atoms. The lowest BCUT2D eigenvalue weighted by molar-refractivity contribution is 0.524. The molecule has 6 nitrogen and oxygen atoms in total. The average Bonchev–Trinajstić information content (AvgIpc) is 3.33. The molecule has 1 saturated heterocycles. The van der Waals surface area contributed by atoms with Crippen molar-refractivity contribution < 1.29 is 9.13 Å². The molecular weight excluding hydrogens is 357 g/mol. The molecule has 0 aliphatic carbocycles. The third-order valence-corrected chi connectivity index (χ3v) is 4.90. The second-order valence-electron chi connectivity index (χ2n) is 6.60. The summed E-state index contributed by atoms with van der Waals surface area (Å²) in [6, 6.07) is 13.9. The topological polar surface area (TPSA) is 66.9 Å². The van der Waals surface area contributed by atoms with E-state index in [1.165, 1.54) is 6.33 Å². The second kappa shape index (κ2) is 6.82. The molecule has 0 unspecified atom stereocenters. The minimum atomic E-state index is -0.669. The molecule has 2 aromatic carbocycles. The number of halogens is 1. The summed E-state index contributed by atoms with van der Waals surface area (Å²) in [6.45, 7) is 0.778. The van der Waals surface area contributed by atoms with E-state index < -0.39 is 6.08 Å². The monoisotopic (exact) mass is 373 g/mol. The zero-order valence-electron chi connectivity index (χ0n) is 14.9. The van der Waals surface area contributed by atoms with Gasteiger partial charge in [0.1, 0.15) is 23.7 Å². The molecule has 1 aliphatic rings. The Morgan fingerprint density at radius 3 is 3.00 bits per heavy atom. The number of nitrogens with one attached hydrogen (secondary N) is 1. The van der Waals surface area contributed by atoms with Crippen molar-refractivity contribution >= 4 is 27.8 Å². The summed E-state index contributed by atoms with van der Waals surface area (Å²) in [5.41, 5.74) is 0.803. The molecule has 1 fully saturated rings. The molecule has 2 aromatic heterocycles. The highest BCUT2D eigenvalue weighted by Gasteiger charge is 2.27. The van der Waals surface area contributed by atoms with Crippen LogP contribution in [0.25, 0.3) is 21.9 Å². The van der Waals surface area contributed by atoms with Crippen LogP contribution in [0.2, 0.25) is 0 Å². The fourth-order valence-corrected chi connectivity index (χ4v) is 3.61. The van der Waals surface area contributed by atoms with E-state index in [1.54, 1.807) is 0 Å². The standard InChI is InChI=1S/C21H16FN5O/c22-21-25-18-19(26-21)23-13-24-20(18)27-11-4-7-15(27)10-12-28-17-9-3-6-14-5-1-2-8-16(14)17/h1-3,5-6,8-9,13,15H,4,7,11H2,(H,23,24,25,26)/t15-/m1/s1. The molecule has 1 N–H and O–H groups in total. The Morgan fingerprint density at radius 2 is 2.04 bits per heavy atom. The maximum atomic E-state index is 13.5. The van der Waals surface area contributed by atoms with E-state index in [0.717, 1.165) is 35.9 Å². The maximum absolute atomic E-state index is 13.5. The van der Waals surface area contributed by atoms with Gasteiger partial charge < -0.3 is 14.6 Å². The fraction of sp³-hybridized carbons (Fsp3) is 0.190. The van der Waals surface area contributed by atoms with Crippen molar-refractivity contribution in [3.8, 4) is 17.8 Å². The van der Waals surface area contributed by atoms with E-state index in [1.807, 2.05) is 47.4 Å². The van der Waals surface area contributed by atoms with Gasteiger partial charge in [0.25, 0.3) is 6.08 Å². The Morgan fingerprint density at radius 1 is 1.14 bits per heavy atom. The molecule has 138 valence electrons. The number of nitrogens with zero attached hydrogens (tertiary/aromatic N) is 4. The number of rotatable bonds is 2. The number of aromatic nitrogens is 4. The number of ether oxygens (including phenoxy) is 1. The van der Waals surface area contributed by atoms with E-state index in [9.17, 15) is 4.39 Å². The molecule has 28 heavy (non-hydrogen) atoms. The van der Waals surface area contributed by atoms with Gasteiger partial charge in [0.2, 0.25) is 0 Å². The summed E-state index contributed by atoms with van der Waals surface area (Å²) in [4.78, 5) is 16.7. The second-order valence-corrected chi connectivity index (χ2v) is 6.60. The van der Waals surface area contributed by atoms with Gasteiger partial charge in [-0.05, 0) is 30.2 Å². The molecular formula is C21H16FN5O. The number of H-pyrrole nitrogens is 1. The largest absolute Gasteiger partial charge is 0.407 e. The third kappa shape index (κ3) is 2.89. The Kier molecular flexibility index (Phi) is 4.02. The van der Waals surface area contributed by atoms with Gasteiger partial charge >= 0.3 is 0 Å². The third-order valence-electron chi connectivity index (χ3n) is 4.90. The molecule has 0 spiro atoms. The van der Waals surface area contributed by atoms with Gasteiger partial charge in [-0.25, -0.2) is 9.97 Å². The fourth-order valence-electron chi connectivity index (χ4n) is 3.61. The van der Waals surface area contributed by atoms with E-state index in [2.05, 4.69) is 32.0 Å². The molecule has 1 atom stereocenters. The lowest BCUT2D eigenvalue weighted by atomic mass is 10.1. The number of benzene rings is 2. The van der Waals surface area contributed by atoms with Crippen LogP contribution in [0.4, 0.5) is 10.2 Å². The first kappa shape index (κ1) is 16.5. The van der Waals surface area contributed by atoms with Crippen LogP contribution in [0, 0.1) is 18.1 Å². The first-order valence-corrected chi connectivity index (χ1v) is 9.07. The number of fused-ring (bicyclic) bond motifs is 2. The smallest absolute Gasteiger partial charge is 0.289 e. The molecule has 0 radical (unpaired) electrons. The van der Waals surface area contributed by atoms with Crippen LogP contribution >= 0.6 is 0 Å². The summed E-state index contributed by atoms with van der Waals surface area (Å²) in [6.07, 6.45) is 5.43. The summed E-state index contributed by atoms with van der Waals surface area (Å²) < 4.78 is 19.3. The van der Waals surface area contributed by atoms with Crippen LogP contribution in [0.5, 0.6) is 5.75 Å². The van der Waals surface area contributed by atoms with Gasteiger partial charge in [-0.15, -0.1) is 0 Å². The molecule has 1 aliphatic heterocycles. The SMILES string of the molecule is Fc1nc2ncnc(N3CCC[C@@H]3C#COc3cccc4ccccc34)c2[nH]1. The minimum absolute atomic E-state index is 0.0700. The summed E-state index contributed by atoms with van der Waals surface area (Å²) in [7, 11) is 0. The number of imidazole rings is 1. The number of hydrogen-bond acceptors (Lipinski definition) is 5. The normalized spacial score (nSPS) is 16.3. The molecule has 0 amide bonds. The average molecular weight is 373 g/mol. The lowest BCUT2D eigenvalue weighted by Crippen LogP contribution is -2.29. The Hall–Kier alpha value is -3.66. The van der Waals surface area contributed by atoms with Crippen molar-refractivity contribution in [1.29, 1.82) is 0 Å². The molecule has 7 heteroatoms. The summed E-state index contributed by atoms with van der Waals surface area (Å²) in [5, 5.41) is 2.13. The molecule has 5 rings (SSSR count). The number of aromatic amines is 1. The van der Waals surface area contributed by atoms with Crippen LogP contribution in [-0.4, -0.2) is 32.5 Å². The van der Waals surface area contributed by atoms with E-state index in [-0.39, 0.29) is 6.04 Å². The first-order chi connectivity index (χ1) is 13.8. The molecule has 3 heterocycles. The van der Waals surface area contributed by atoms with Gasteiger partial charge in [-0.2, -0.15) is 9.37 Å². The Bertz CT molecular complexity index is 1220. The number of anilines is 1. The van der Waals surface area contributed by atoms with Crippen LogP contribution in [-0.2, 0) is 0 Å². The van der Waals surface area contributed by atoms with Gasteiger partial charge in [0, 0.05) is 11.9 Å². The minimum Gasteiger partial charge on any atom is -0.407 e. The van der Waals surface area contributed by atoms with Crippen molar-refractivity contribution in [3.05, 3.63) is 54.9 Å². The summed E-state index contributed by atoms with van der Waals surface area (Å²) in [5.74, 6) is 4.53. The van der Waals surface area contributed by atoms with Gasteiger partial charge in [-0.1, -0.05) is 36.4 Å². The number of hydrogen-bond donors (Lipinski definition) is 1. The predicted molar refractivity (Wildman–Crippen MR) is 104 cm³/mol. The van der Waals surface area contributed by atoms with Crippen molar-refractivity contribution in [2.75, 3.05) is 11.4 Å². The maximum Gasteiger partial charge on any atom is 0.289 e. The van der Waals surface area contributed by atoms with Gasteiger partial charge in [0.15, 0.2) is 11.5 Å². The zero-order valence-corrected chi connectivity index (χ0v) is 14.9. The summed E-state index contributed by atoms with van der Waals surface area (Å²) >= 11 is 0. The predicted octanol–water partition coefficient (Wildman–Crippen LogP) is 3.65. The quantitative estimate of drug-likeness (QED) is 0.429. The van der Waals surface area contributed by atoms with Crippen molar-refractivity contribution in [3.63, 3.8) is 0 Å². The first-order valence-electron chi connectivity index (χ1n) is 9.07. The highest BCUT2D eigenvalue weighted by molar-refractivity contribution is 5.88. The van der Waals surface area contributed by atoms with Crippen LogP contribution < -0.4 is 9.64 Å². The van der Waals surface area contributed by atoms with Crippen LogP contribution in [0.15, 0.2) is 48.8 Å². The highest BCUT2D eigenvalue weighted by atomic mass is 19.1. The van der Waals surface area contributed by atoms with E-state index >= 15 is 0 Å². The Balaban J connectivity index is 1.42. The lowest BCUT2D eigenvalue weighted by Gasteiger charge is -2.21. The molecule has 0 saturated carbocycles. The Labute approximate surface area is 160 Å². The van der Waals surface area contributed by atoms with Gasteiger partial charge in [0.05, 0.1) is 6.04 Å². The van der Waals surface area contributed by atoms with E-state index in [0.29, 0.717) is 17.0 Å².